The summed E-state index contributed by atoms with van der Waals surface area (Å²) >= 11 is 0. The topological polar surface area (TPSA) is 78.9 Å². The number of carbonyl (C=O) groups excluding carboxylic acids is 3. The number of unbranched alkanes of at least 4 members (excludes halogenated alkanes) is 55. The smallest absolute Gasteiger partial charge is 0.306 e. The van der Waals surface area contributed by atoms with E-state index >= 15 is 0 Å². The van der Waals surface area contributed by atoms with Gasteiger partial charge in [0.15, 0.2) is 6.10 Å². The number of hydrogen-bond acceptors (Lipinski definition) is 6. The zero-order valence-corrected chi connectivity index (χ0v) is 52.1. The Morgan fingerprint density at radius 2 is 0.355 bits per heavy atom. The quantitative estimate of drug-likeness (QED) is 0.0343. The van der Waals surface area contributed by atoms with Crippen LogP contribution in [-0.4, -0.2) is 37.2 Å². The average Bonchev–Trinajstić information content (AvgIpc) is 3.42. The van der Waals surface area contributed by atoms with Crippen LogP contribution in [-0.2, 0) is 28.6 Å². The molecular weight excluding hydrogens is 937 g/mol. The van der Waals surface area contributed by atoms with Crippen LogP contribution in [0.15, 0.2) is 0 Å². The molecule has 0 saturated carbocycles. The van der Waals surface area contributed by atoms with Crippen molar-refractivity contribution in [3.05, 3.63) is 0 Å². The first-order chi connectivity index (χ1) is 37.5. The molecule has 0 N–H and O–H groups in total. The minimum atomic E-state index is -0.761. The highest BCUT2D eigenvalue weighted by Crippen LogP contribution is 2.19. The van der Waals surface area contributed by atoms with E-state index < -0.39 is 6.10 Å². The molecule has 6 heteroatoms. The van der Waals surface area contributed by atoms with Crippen molar-refractivity contribution in [2.45, 2.75) is 419 Å². The Labute approximate surface area is 476 Å². The van der Waals surface area contributed by atoms with Crippen molar-refractivity contribution in [3.8, 4) is 0 Å². The predicted molar refractivity (Wildman–Crippen MR) is 330 cm³/mol. The summed E-state index contributed by atoms with van der Waals surface area (Å²) in [6.45, 7) is 6.71. The summed E-state index contributed by atoms with van der Waals surface area (Å²) < 4.78 is 16.9. The van der Waals surface area contributed by atoms with Crippen LogP contribution in [0.2, 0.25) is 0 Å². The first-order valence-corrected chi connectivity index (χ1v) is 35.0. The molecule has 0 bridgehead atoms. The maximum absolute atomic E-state index is 12.9. The van der Waals surface area contributed by atoms with Gasteiger partial charge in [0.25, 0.3) is 0 Å². The average molecular weight is 1070 g/mol. The molecule has 0 saturated heterocycles. The van der Waals surface area contributed by atoms with Gasteiger partial charge in [0.05, 0.1) is 0 Å². The molecular formula is C70H136O6. The number of esters is 3. The third kappa shape index (κ3) is 63.2. The molecule has 0 aromatic carbocycles. The Morgan fingerprint density at radius 1 is 0.211 bits per heavy atom. The van der Waals surface area contributed by atoms with Gasteiger partial charge >= 0.3 is 17.9 Å². The van der Waals surface area contributed by atoms with Crippen molar-refractivity contribution in [1.29, 1.82) is 0 Å². The van der Waals surface area contributed by atoms with E-state index in [9.17, 15) is 14.4 Å². The Bertz CT molecular complexity index is 1140. The lowest BCUT2D eigenvalue weighted by molar-refractivity contribution is -0.167. The van der Waals surface area contributed by atoms with E-state index in [0.29, 0.717) is 19.3 Å². The Kier molecular flexibility index (Phi) is 64.5. The standard InChI is InChI=1S/C70H136O6/c1-4-7-10-13-16-19-22-24-26-27-28-29-30-31-32-33-34-35-36-37-38-39-40-41-42-43-44-45-47-48-51-54-57-60-63-69(72)75-66-67(65-74-68(71)62-59-56-53-50-21-18-15-12-9-6-3)76-70(73)64-61-58-55-52-49-46-25-23-20-17-14-11-8-5-2/h67H,4-66H2,1-3H3. The van der Waals surface area contributed by atoms with Crippen LogP contribution in [0.5, 0.6) is 0 Å². The van der Waals surface area contributed by atoms with E-state index in [1.807, 2.05) is 0 Å². The maximum Gasteiger partial charge on any atom is 0.306 e. The summed E-state index contributed by atoms with van der Waals surface area (Å²) in [4.78, 5) is 38.2. The lowest BCUT2D eigenvalue weighted by Crippen LogP contribution is -2.30. The van der Waals surface area contributed by atoms with Gasteiger partial charge in [-0.15, -0.1) is 0 Å². The zero-order valence-electron chi connectivity index (χ0n) is 52.1. The highest BCUT2D eigenvalue weighted by molar-refractivity contribution is 5.71. The third-order valence-electron chi connectivity index (χ3n) is 16.4. The van der Waals surface area contributed by atoms with E-state index in [1.54, 1.807) is 0 Å². The monoisotopic (exact) mass is 1070 g/mol. The van der Waals surface area contributed by atoms with Gasteiger partial charge in [-0.05, 0) is 19.3 Å². The molecule has 0 radical (unpaired) electrons. The molecule has 0 aliphatic carbocycles. The van der Waals surface area contributed by atoms with Crippen molar-refractivity contribution in [3.63, 3.8) is 0 Å². The predicted octanol–water partition coefficient (Wildman–Crippen LogP) is 23.8. The maximum atomic E-state index is 12.9. The van der Waals surface area contributed by atoms with Crippen LogP contribution < -0.4 is 0 Å². The largest absolute Gasteiger partial charge is 0.462 e. The van der Waals surface area contributed by atoms with Gasteiger partial charge in [0.1, 0.15) is 13.2 Å². The fraction of sp³-hybridized carbons (Fsp3) is 0.957. The molecule has 0 amide bonds. The molecule has 0 aromatic heterocycles. The molecule has 0 aromatic rings. The second-order valence-corrected chi connectivity index (χ2v) is 24.2. The van der Waals surface area contributed by atoms with Gasteiger partial charge in [0, 0.05) is 19.3 Å². The molecule has 452 valence electrons. The van der Waals surface area contributed by atoms with Crippen molar-refractivity contribution < 1.29 is 28.6 Å². The molecule has 1 unspecified atom stereocenters. The molecule has 0 aliphatic rings. The molecule has 1 atom stereocenters. The summed E-state index contributed by atoms with van der Waals surface area (Å²) in [5.74, 6) is -0.830. The van der Waals surface area contributed by atoms with Crippen molar-refractivity contribution in [2.75, 3.05) is 13.2 Å². The molecule has 0 fully saturated rings. The fourth-order valence-corrected chi connectivity index (χ4v) is 11.1. The van der Waals surface area contributed by atoms with Crippen LogP contribution in [0.25, 0.3) is 0 Å². The van der Waals surface area contributed by atoms with Gasteiger partial charge < -0.3 is 14.2 Å². The molecule has 0 spiro atoms. The number of ether oxygens (including phenoxy) is 3. The molecule has 0 aliphatic heterocycles. The number of hydrogen-bond donors (Lipinski definition) is 0. The van der Waals surface area contributed by atoms with Gasteiger partial charge in [0.2, 0.25) is 0 Å². The Hall–Kier alpha value is -1.59. The molecule has 0 heterocycles. The third-order valence-corrected chi connectivity index (χ3v) is 16.4. The lowest BCUT2D eigenvalue weighted by Gasteiger charge is -2.18. The van der Waals surface area contributed by atoms with E-state index in [-0.39, 0.29) is 31.1 Å². The number of carbonyl (C=O) groups is 3. The van der Waals surface area contributed by atoms with Crippen LogP contribution in [0.3, 0.4) is 0 Å². The van der Waals surface area contributed by atoms with Crippen LogP contribution in [0.4, 0.5) is 0 Å². The summed E-state index contributed by atoms with van der Waals surface area (Å²) in [6.07, 6.45) is 77.4. The highest BCUT2D eigenvalue weighted by atomic mass is 16.6. The van der Waals surface area contributed by atoms with Crippen molar-refractivity contribution >= 4 is 17.9 Å². The minimum Gasteiger partial charge on any atom is -0.462 e. The minimum absolute atomic E-state index is 0.0610. The van der Waals surface area contributed by atoms with E-state index in [2.05, 4.69) is 20.8 Å². The van der Waals surface area contributed by atoms with Crippen LogP contribution in [0.1, 0.15) is 412 Å². The fourth-order valence-electron chi connectivity index (χ4n) is 11.1. The molecule has 6 nitrogen and oxygen atoms in total. The zero-order chi connectivity index (χ0) is 55.0. The molecule has 0 rings (SSSR count). The SMILES string of the molecule is CCCCCCCCCCCCCCCCCCCCCCCCCCCCCCCCCCCCC(=O)OCC(COC(=O)CCCCCCCCCCCC)OC(=O)CCCCCCCCCCCCCCCC. The van der Waals surface area contributed by atoms with Crippen LogP contribution >= 0.6 is 0 Å². The summed E-state index contributed by atoms with van der Waals surface area (Å²) in [5.41, 5.74) is 0. The Balaban J connectivity index is 3.94. The van der Waals surface area contributed by atoms with Crippen molar-refractivity contribution in [1.82, 2.24) is 0 Å². The first kappa shape index (κ1) is 74.4. The van der Waals surface area contributed by atoms with Gasteiger partial charge in [-0.3, -0.25) is 14.4 Å². The second-order valence-electron chi connectivity index (χ2n) is 24.2. The van der Waals surface area contributed by atoms with E-state index in [1.165, 1.54) is 315 Å². The highest BCUT2D eigenvalue weighted by Gasteiger charge is 2.19. The summed E-state index contributed by atoms with van der Waals surface area (Å²) in [5, 5.41) is 0. The second kappa shape index (κ2) is 65.9. The van der Waals surface area contributed by atoms with Crippen LogP contribution in [0, 0.1) is 0 Å². The first-order valence-electron chi connectivity index (χ1n) is 35.0. The van der Waals surface area contributed by atoms with Gasteiger partial charge in [-0.2, -0.15) is 0 Å². The number of rotatable bonds is 66. The summed E-state index contributed by atoms with van der Waals surface area (Å²) in [7, 11) is 0. The van der Waals surface area contributed by atoms with Gasteiger partial charge in [-0.25, -0.2) is 0 Å². The lowest BCUT2D eigenvalue weighted by atomic mass is 10.0. The normalized spacial score (nSPS) is 11.9. The van der Waals surface area contributed by atoms with Crippen molar-refractivity contribution in [2.24, 2.45) is 0 Å². The van der Waals surface area contributed by atoms with E-state index in [0.717, 1.165) is 57.8 Å². The summed E-state index contributed by atoms with van der Waals surface area (Å²) in [6, 6.07) is 0. The van der Waals surface area contributed by atoms with E-state index in [4.69, 9.17) is 14.2 Å². The Morgan fingerprint density at radius 3 is 0.526 bits per heavy atom. The molecule has 76 heavy (non-hydrogen) atoms. The van der Waals surface area contributed by atoms with Gasteiger partial charge in [-0.1, -0.05) is 374 Å².